The van der Waals surface area contributed by atoms with Crippen LogP contribution in [0.15, 0.2) is 5.11 Å². The molecule has 102 valence electrons. The van der Waals surface area contributed by atoms with Gasteiger partial charge in [0.25, 0.3) is 0 Å². The third kappa shape index (κ3) is 5.92. The van der Waals surface area contributed by atoms with Gasteiger partial charge in [-0.05, 0) is 37.6 Å². The van der Waals surface area contributed by atoms with E-state index in [9.17, 15) is 4.79 Å². The van der Waals surface area contributed by atoms with E-state index in [-0.39, 0.29) is 18.1 Å². The van der Waals surface area contributed by atoms with Gasteiger partial charge in [-0.25, -0.2) is 0 Å². The lowest BCUT2D eigenvalue weighted by Crippen LogP contribution is -2.25. The van der Waals surface area contributed by atoms with Crippen molar-refractivity contribution in [1.82, 2.24) is 0 Å². The van der Waals surface area contributed by atoms with E-state index in [4.69, 9.17) is 10.3 Å². The van der Waals surface area contributed by atoms with Crippen LogP contribution in [-0.2, 0) is 9.53 Å². The molecule has 0 N–H and O–H groups in total. The first kappa shape index (κ1) is 14.8. The molecule has 0 amide bonds. The molecular formula is C13H23N3O2. The number of esters is 1. The average molecular weight is 253 g/mol. The van der Waals surface area contributed by atoms with Crippen LogP contribution in [0.3, 0.4) is 0 Å². The maximum atomic E-state index is 11.5. The standard InChI is InChI=1S/C13H23N3O2/c1-2-3-4-5-8-12-10-11(15-16-14)7-6-9-13(17)18-12/h11-12H,2-10H2,1H3/t11-,12-/m1/s1. The first-order valence-electron chi connectivity index (χ1n) is 7.00. The fraction of sp³-hybridized carbons (Fsp3) is 0.923. The summed E-state index contributed by atoms with van der Waals surface area (Å²) in [4.78, 5) is 14.4. The van der Waals surface area contributed by atoms with Crippen LogP contribution in [0.4, 0.5) is 0 Å². The van der Waals surface area contributed by atoms with Crippen molar-refractivity contribution in [1.29, 1.82) is 0 Å². The molecule has 1 aliphatic heterocycles. The van der Waals surface area contributed by atoms with Gasteiger partial charge in [-0.15, -0.1) is 0 Å². The van der Waals surface area contributed by atoms with Gasteiger partial charge < -0.3 is 4.74 Å². The molecule has 1 aliphatic rings. The van der Waals surface area contributed by atoms with Crippen LogP contribution in [0, 0.1) is 0 Å². The summed E-state index contributed by atoms with van der Waals surface area (Å²) in [5.74, 6) is -0.102. The highest BCUT2D eigenvalue weighted by Gasteiger charge is 2.22. The molecule has 0 aromatic heterocycles. The van der Waals surface area contributed by atoms with Crippen molar-refractivity contribution < 1.29 is 9.53 Å². The molecule has 0 radical (unpaired) electrons. The normalized spacial score (nSPS) is 24.6. The Morgan fingerprint density at radius 3 is 3.00 bits per heavy atom. The second-order valence-corrected chi connectivity index (χ2v) is 4.95. The number of unbranched alkanes of at least 4 members (excludes halogenated alkanes) is 3. The Kier molecular flexibility index (Phi) is 7.26. The second kappa shape index (κ2) is 8.81. The van der Waals surface area contributed by atoms with Crippen LogP contribution in [0.5, 0.6) is 0 Å². The van der Waals surface area contributed by atoms with E-state index in [1.54, 1.807) is 0 Å². The summed E-state index contributed by atoms with van der Waals surface area (Å²) in [5, 5.41) is 3.79. The van der Waals surface area contributed by atoms with E-state index in [0.717, 1.165) is 25.7 Å². The van der Waals surface area contributed by atoms with Gasteiger partial charge in [-0.2, -0.15) is 0 Å². The Balaban J connectivity index is 2.43. The van der Waals surface area contributed by atoms with Gasteiger partial charge >= 0.3 is 5.97 Å². The minimum atomic E-state index is -0.102. The van der Waals surface area contributed by atoms with Crippen LogP contribution >= 0.6 is 0 Å². The van der Waals surface area contributed by atoms with Crippen molar-refractivity contribution in [3.63, 3.8) is 0 Å². The predicted octanol–water partition coefficient (Wildman–Crippen LogP) is 4.12. The number of azide groups is 1. The van der Waals surface area contributed by atoms with Crippen molar-refractivity contribution in [2.24, 2.45) is 5.11 Å². The number of hydrogen-bond donors (Lipinski definition) is 0. The number of carbonyl (C=O) groups excluding carboxylic acids is 1. The summed E-state index contributed by atoms with van der Waals surface area (Å²) < 4.78 is 5.43. The molecule has 0 aromatic rings. The summed E-state index contributed by atoms with van der Waals surface area (Å²) in [6.07, 6.45) is 8.19. The van der Waals surface area contributed by atoms with Crippen LogP contribution in [0.1, 0.15) is 64.7 Å². The van der Waals surface area contributed by atoms with Gasteiger partial charge in [-0.1, -0.05) is 31.3 Å². The van der Waals surface area contributed by atoms with Crippen LogP contribution in [-0.4, -0.2) is 18.1 Å². The second-order valence-electron chi connectivity index (χ2n) is 4.95. The largest absolute Gasteiger partial charge is 0.462 e. The van der Waals surface area contributed by atoms with Gasteiger partial charge in [0.05, 0.1) is 0 Å². The SMILES string of the molecule is CCCCCC[C@@H]1C[C@H](N=[N+]=[N-])CCCC(=O)O1. The lowest BCUT2D eigenvalue weighted by molar-refractivity contribution is -0.151. The molecule has 1 saturated heterocycles. The molecular weight excluding hydrogens is 230 g/mol. The lowest BCUT2D eigenvalue weighted by Gasteiger charge is -2.24. The van der Waals surface area contributed by atoms with Gasteiger partial charge in [0.1, 0.15) is 6.10 Å². The molecule has 0 saturated carbocycles. The Morgan fingerprint density at radius 2 is 2.28 bits per heavy atom. The van der Waals surface area contributed by atoms with Gasteiger partial charge in [0.15, 0.2) is 0 Å². The zero-order valence-electron chi connectivity index (χ0n) is 11.2. The molecule has 0 spiro atoms. The Hall–Kier alpha value is -1.22. The molecule has 0 bridgehead atoms. The third-order valence-electron chi connectivity index (χ3n) is 3.35. The zero-order valence-corrected chi connectivity index (χ0v) is 11.2. The molecule has 1 fully saturated rings. The average Bonchev–Trinajstić information content (AvgIpc) is 2.32. The van der Waals surface area contributed by atoms with Gasteiger partial charge in [0, 0.05) is 17.4 Å². The molecule has 0 aromatic carbocycles. The van der Waals surface area contributed by atoms with E-state index in [1.807, 2.05) is 0 Å². The number of carbonyl (C=O) groups is 1. The summed E-state index contributed by atoms with van der Waals surface area (Å²) in [5.41, 5.74) is 8.52. The van der Waals surface area contributed by atoms with Crippen molar-refractivity contribution in [3.8, 4) is 0 Å². The number of cyclic esters (lactones) is 1. The fourth-order valence-corrected chi connectivity index (χ4v) is 2.35. The number of ether oxygens (including phenoxy) is 1. The van der Waals surface area contributed by atoms with E-state index >= 15 is 0 Å². The highest BCUT2D eigenvalue weighted by molar-refractivity contribution is 5.69. The van der Waals surface area contributed by atoms with E-state index in [1.165, 1.54) is 19.3 Å². The van der Waals surface area contributed by atoms with Crippen molar-refractivity contribution in [2.45, 2.75) is 76.9 Å². The molecule has 5 heteroatoms. The van der Waals surface area contributed by atoms with Crippen LogP contribution in [0.25, 0.3) is 10.4 Å². The highest BCUT2D eigenvalue weighted by Crippen LogP contribution is 2.21. The predicted molar refractivity (Wildman–Crippen MR) is 70.0 cm³/mol. The van der Waals surface area contributed by atoms with Crippen LogP contribution < -0.4 is 0 Å². The minimum absolute atomic E-state index is 0.0146. The first-order chi connectivity index (χ1) is 8.76. The molecule has 0 aliphatic carbocycles. The maximum absolute atomic E-state index is 11.5. The molecule has 1 rings (SSSR count). The van der Waals surface area contributed by atoms with Crippen molar-refractivity contribution in [2.75, 3.05) is 0 Å². The Bertz CT molecular complexity index is 301. The Labute approximate surface area is 109 Å². The zero-order chi connectivity index (χ0) is 13.2. The molecule has 1 heterocycles. The summed E-state index contributed by atoms with van der Waals surface area (Å²) in [6, 6.07) is -0.0146. The van der Waals surface area contributed by atoms with E-state index in [2.05, 4.69) is 16.9 Å². The molecule has 18 heavy (non-hydrogen) atoms. The first-order valence-corrected chi connectivity index (χ1v) is 7.00. The van der Waals surface area contributed by atoms with E-state index in [0.29, 0.717) is 12.8 Å². The fourth-order valence-electron chi connectivity index (χ4n) is 2.35. The smallest absolute Gasteiger partial charge is 0.306 e. The minimum Gasteiger partial charge on any atom is -0.462 e. The summed E-state index contributed by atoms with van der Waals surface area (Å²) in [6.45, 7) is 2.17. The molecule has 0 unspecified atom stereocenters. The van der Waals surface area contributed by atoms with Crippen LogP contribution in [0.2, 0.25) is 0 Å². The summed E-state index contributed by atoms with van der Waals surface area (Å²) in [7, 11) is 0. The number of hydrogen-bond acceptors (Lipinski definition) is 3. The quantitative estimate of drug-likeness (QED) is 0.235. The summed E-state index contributed by atoms with van der Waals surface area (Å²) >= 11 is 0. The Morgan fingerprint density at radius 1 is 1.44 bits per heavy atom. The molecule has 5 nitrogen and oxygen atoms in total. The van der Waals surface area contributed by atoms with Crippen molar-refractivity contribution >= 4 is 5.97 Å². The molecule has 2 atom stereocenters. The number of rotatable bonds is 6. The van der Waals surface area contributed by atoms with Crippen molar-refractivity contribution in [3.05, 3.63) is 10.4 Å². The maximum Gasteiger partial charge on any atom is 0.306 e. The highest BCUT2D eigenvalue weighted by atomic mass is 16.5. The van der Waals surface area contributed by atoms with Gasteiger partial charge in [0.2, 0.25) is 0 Å². The topological polar surface area (TPSA) is 75.1 Å². The number of nitrogens with zero attached hydrogens (tertiary/aromatic N) is 3. The monoisotopic (exact) mass is 253 g/mol. The van der Waals surface area contributed by atoms with Gasteiger partial charge in [-0.3, -0.25) is 4.79 Å². The third-order valence-corrected chi connectivity index (χ3v) is 3.35. The lowest BCUT2D eigenvalue weighted by atomic mass is 9.98. The van der Waals surface area contributed by atoms with E-state index < -0.39 is 0 Å².